The van der Waals surface area contributed by atoms with Gasteiger partial charge in [0.2, 0.25) is 0 Å². The van der Waals surface area contributed by atoms with Gasteiger partial charge in [0, 0.05) is 6.42 Å². The lowest BCUT2D eigenvalue weighted by atomic mass is 10.1. The van der Waals surface area contributed by atoms with Crippen LogP contribution in [0.25, 0.3) is 0 Å². The molecule has 0 saturated carbocycles. The zero-order valence-corrected chi connectivity index (χ0v) is 9.55. The third kappa shape index (κ3) is 3.95. The van der Waals surface area contributed by atoms with Gasteiger partial charge in [0.1, 0.15) is 18.2 Å². The number of nitrogens with one attached hydrogen (secondary N) is 1. The molecule has 102 valence electrons. The first kappa shape index (κ1) is 13.3. The summed E-state index contributed by atoms with van der Waals surface area (Å²) in [5.41, 5.74) is 0.651. The molecule has 0 aliphatic carbocycles. The SMILES string of the molecule is OC(Cc1ccc(OC(F)(F)F)cc1)c1ncn[nH]1. The Bertz CT molecular complexity index is 511. The highest BCUT2D eigenvalue weighted by Crippen LogP contribution is 2.23. The van der Waals surface area contributed by atoms with Gasteiger partial charge in [-0.2, -0.15) is 5.10 Å². The maximum absolute atomic E-state index is 12.0. The summed E-state index contributed by atoms with van der Waals surface area (Å²) < 4.78 is 39.6. The van der Waals surface area contributed by atoms with E-state index in [-0.39, 0.29) is 12.2 Å². The topological polar surface area (TPSA) is 71.0 Å². The Morgan fingerprint density at radius 1 is 1.26 bits per heavy atom. The maximum atomic E-state index is 12.0. The smallest absolute Gasteiger partial charge is 0.406 e. The van der Waals surface area contributed by atoms with Gasteiger partial charge in [0.05, 0.1) is 0 Å². The normalized spacial score (nSPS) is 13.3. The van der Waals surface area contributed by atoms with E-state index in [0.29, 0.717) is 11.4 Å². The summed E-state index contributed by atoms with van der Waals surface area (Å²) >= 11 is 0. The van der Waals surface area contributed by atoms with Crippen LogP contribution >= 0.6 is 0 Å². The summed E-state index contributed by atoms with van der Waals surface area (Å²) in [5, 5.41) is 15.9. The van der Waals surface area contributed by atoms with Crippen molar-refractivity contribution in [3.8, 4) is 5.75 Å². The average Bonchev–Trinajstić information content (AvgIpc) is 2.83. The van der Waals surface area contributed by atoms with Crippen molar-refractivity contribution in [3.05, 3.63) is 42.0 Å². The number of halogens is 3. The Labute approximate surface area is 106 Å². The van der Waals surface area contributed by atoms with Gasteiger partial charge in [-0.05, 0) is 17.7 Å². The van der Waals surface area contributed by atoms with Gasteiger partial charge in [-0.1, -0.05) is 12.1 Å². The summed E-state index contributed by atoms with van der Waals surface area (Å²) in [6, 6.07) is 5.27. The standard InChI is InChI=1S/C11H10F3N3O2/c12-11(13,14)19-8-3-1-7(2-4-8)5-9(18)10-15-6-16-17-10/h1-4,6,9,18H,5H2,(H,15,16,17). The fourth-order valence-electron chi connectivity index (χ4n) is 1.52. The summed E-state index contributed by atoms with van der Waals surface area (Å²) in [6.07, 6.45) is -4.13. The number of aromatic nitrogens is 3. The molecular weight excluding hydrogens is 263 g/mol. The van der Waals surface area contributed by atoms with E-state index in [0.717, 1.165) is 0 Å². The minimum Gasteiger partial charge on any atom is -0.406 e. The van der Waals surface area contributed by atoms with Crippen LogP contribution in [0.2, 0.25) is 0 Å². The zero-order chi connectivity index (χ0) is 13.9. The van der Waals surface area contributed by atoms with Crippen molar-refractivity contribution < 1.29 is 23.0 Å². The lowest BCUT2D eigenvalue weighted by Gasteiger charge is -2.10. The molecule has 0 aliphatic rings. The van der Waals surface area contributed by atoms with Crippen molar-refractivity contribution in [1.82, 2.24) is 15.2 Å². The molecule has 19 heavy (non-hydrogen) atoms. The highest BCUT2D eigenvalue weighted by molar-refractivity contribution is 5.28. The molecule has 1 aromatic carbocycles. The molecule has 0 fully saturated rings. The monoisotopic (exact) mass is 273 g/mol. The van der Waals surface area contributed by atoms with Gasteiger partial charge < -0.3 is 9.84 Å². The number of rotatable bonds is 4. The van der Waals surface area contributed by atoms with Crippen LogP contribution in [0.3, 0.4) is 0 Å². The number of hydrogen-bond acceptors (Lipinski definition) is 4. The van der Waals surface area contributed by atoms with E-state index >= 15 is 0 Å². The number of aliphatic hydroxyl groups excluding tert-OH is 1. The number of aromatic amines is 1. The Kier molecular flexibility index (Phi) is 3.70. The molecule has 0 bridgehead atoms. The van der Waals surface area contributed by atoms with Crippen molar-refractivity contribution >= 4 is 0 Å². The van der Waals surface area contributed by atoms with Gasteiger partial charge in [-0.3, -0.25) is 5.10 Å². The predicted octanol–water partition coefficient (Wildman–Crippen LogP) is 1.98. The first-order valence-corrected chi connectivity index (χ1v) is 5.32. The van der Waals surface area contributed by atoms with E-state index < -0.39 is 12.5 Å². The predicted molar refractivity (Wildman–Crippen MR) is 58.2 cm³/mol. The minimum atomic E-state index is -4.71. The molecule has 0 radical (unpaired) electrons. The molecule has 2 aromatic rings. The van der Waals surface area contributed by atoms with Gasteiger partial charge in [-0.15, -0.1) is 13.2 Å². The van der Waals surface area contributed by atoms with Crippen molar-refractivity contribution in [2.45, 2.75) is 18.9 Å². The molecule has 0 amide bonds. The van der Waals surface area contributed by atoms with Crippen molar-refractivity contribution in [2.24, 2.45) is 0 Å². The largest absolute Gasteiger partial charge is 0.573 e. The van der Waals surface area contributed by atoms with Crippen LogP contribution in [0.1, 0.15) is 17.5 Å². The summed E-state index contributed by atoms with van der Waals surface area (Å²) in [6.45, 7) is 0. The Hall–Kier alpha value is -2.09. The van der Waals surface area contributed by atoms with Crippen LogP contribution in [0.4, 0.5) is 13.2 Å². The number of aliphatic hydroxyl groups is 1. The van der Waals surface area contributed by atoms with Gasteiger partial charge in [0.15, 0.2) is 5.82 Å². The molecular formula is C11H10F3N3O2. The molecule has 2 N–H and O–H groups in total. The summed E-state index contributed by atoms with van der Waals surface area (Å²) in [7, 11) is 0. The van der Waals surface area contributed by atoms with E-state index in [2.05, 4.69) is 19.9 Å². The number of hydrogen-bond donors (Lipinski definition) is 2. The van der Waals surface area contributed by atoms with E-state index in [1.165, 1.54) is 30.6 Å². The second-order valence-corrected chi connectivity index (χ2v) is 3.78. The first-order chi connectivity index (χ1) is 8.94. The zero-order valence-electron chi connectivity index (χ0n) is 9.55. The second-order valence-electron chi connectivity index (χ2n) is 3.78. The first-order valence-electron chi connectivity index (χ1n) is 5.32. The number of ether oxygens (including phenoxy) is 1. The fraction of sp³-hybridized carbons (Fsp3) is 0.273. The van der Waals surface area contributed by atoms with E-state index in [1.54, 1.807) is 0 Å². The molecule has 1 atom stereocenters. The highest BCUT2D eigenvalue weighted by atomic mass is 19.4. The van der Waals surface area contributed by atoms with Crippen LogP contribution in [0.15, 0.2) is 30.6 Å². The van der Waals surface area contributed by atoms with Crippen molar-refractivity contribution in [2.75, 3.05) is 0 Å². The average molecular weight is 273 g/mol. The van der Waals surface area contributed by atoms with Crippen molar-refractivity contribution in [1.29, 1.82) is 0 Å². The number of benzene rings is 1. The third-order valence-electron chi connectivity index (χ3n) is 2.34. The van der Waals surface area contributed by atoms with Crippen LogP contribution in [-0.4, -0.2) is 26.7 Å². The number of nitrogens with zero attached hydrogens (tertiary/aromatic N) is 2. The van der Waals surface area contributed by atoms with Gasteiger partial charge >= 0.3 is 6.36 Å². The van der Waals surface area contributed by atoms with Gasteiger partial charge in [-0.25, -0.2) is 4.98 Å². The van der Waals surface area contributed by atoms with E-state index in [4.69, 9.17) is 0 Å². The maximum Gasteiger partial charge on any atom is 0.573 e. The molecule has 5 nitrogen and oxygen atoms in total. The summed E-state index contributed by atoms with van der Waals surface area (Å²) in [5.74, 6) is 0.000947. The lowest BCUT2D eigenvalue weighted by Crippen LogP contribution is -2.17. The molecule has 1 unspecified atom stereocenters. The Morgan fingerprint density at radius 2 is 1.95 bits per heavy atom. The molecule has 0 saturated heterocycles. The Balaban J connectivity index is 1.99. The van der Waals surface area contributed by atoms with E-state index in [9.17, 15) is 18.3 Å². The lowest BCUT2D eigenvalue weighted by molar-refractivity contribution is -0.274. The number of H-pyrrole nitrogens is 1. The van der Waals surface area contributed by atoms with E-state index in [1.807, 2.05) is 0 Å². The molecule has 1 aromatic heterocycles. The Morgan fingerprint density at radius 3 is 2.47 bits per heavy atom. The molecule has 8 heteroatoms. The molecule has 0 spiro atoms. The molecule has 1 heterocycles. The quantitative estimate of drug-likeness (QED) is 0.893. The van der Waals surface area contributed by atoms with Crippen LogP contribution < -0.4 is 4.74 Å². The minimum absolute atomic E-state index is 0.210. The van der Waals surface area contributed by atoms with Crippen LogP contribution in [0, 0.1) is 0 Å². The second kappa shape index (κ2) is 5.27. The van der Waals surface area contributed by atoms with Crippen LogP contribution in [-0.2, 0) is 6.42 Å². The van der Waals surface area contributed by atoms with Crippen LogP contribution in [0.5, 0.6) is 5.75 Å². The fourth-order valence-corrected chi connectivity index (χ4v) is 1.52. The third-order valence-corrected chi connectivity index (χ3v) is 2.34. The molecule has 2 rings (SSSR count). The van der Waals surface area contributed by atoms with Crippen molar-refractivity contribution in [3.63, 3.8) is 0 Å². The number of alkyl halides is 3. The van der Waals surface area contributed by atoms with Gasteiger partial charge in [0.25, 0.3) is 0 Å². The molecule has 0 aliphatic heterocycles. The summed E-state index contributed by atoms with van der Waals surface area (Å²) in [4.78, 5) is 3.79. The highest BCUT2D eigenvalue weighted by Gasteiger charge is 2.30.